The summed E-state index contributed by atoms with van der Waals surface area (Å²) in [4.78, 5) is 23.7. The first-order chi connectivity index (χ1) is 12.1. The Labute approximate surface area is 156 Å². The van der Waals surface area contributed by atoms with Crippen molar-refractivity contribution in [1.29, 1.82) is 0 Å². The Hall–Kier alpha value is -1.42. The molecule has 144 valence electrons. The van der Waals surface area contributed by atoms with Gasteiger partial charge in [-0.2, -0.15) is 0 Å². The normalized spacial score (nSPS) is 47.8. The molecule has 2 saturated carbocycles. The molecule has 26 heavy (non-hydrogen) atoms. The van der Waals surface area contributed by atoms with Crippen LogP contribution in [0.25, 0.3) is 0 Å². The minimum absolute atomic E-state index is 0.0696. The number of carbonyl (C=O) groups excluding carboxylic acids is 2. The summed E-state index contributed by atoms with van der Waals surface area (Å²) in [5.74, 6) is 0.0905. The van der Waals surface area contributed by atoms with E-state index in [0.717, 1.165) is 25.5 Å². The first kappa shape index (κ1) is 19.3. The number of rotatable bonds is 3. The fourth-order valence-electron chi connectivity index (χ4n) is 6.13. The molecule has 4 heteroatoms. The fourth-order valence-corrected chi connectivity index (χ4v) is 6.13. The largest absolute Gasteiger partial charge is 0.462 e. The van der Waals surface area contributed by atoms with Crippen LogP contribution in [0.2, 0.25) is 0 Å². The van der Waals surface area contributed by atoms with Crippen LogP contribution >= 0.6 is 0 Å². The summed E-state index contributed by atoms with van der Waals surface area (Å²) < 4.78 is 5.55. The van der Waals surface area contributed by atoms with Crippen LogP contribution < -0.4 is 0 Å². The molecule has 0 amide bonds. The number of aliphatic hydroxyl groups excluding tert-OH is 1. The Bertz CT molecular complexity index is 653. The highest BCUT2D eigenvalue weighted by molar-refractivity contribution is 5.68. The number of carbonyl (C=O) groups is 2. The van der Waals surface area contributed by atoms with Crippen molar-refractivity contribution < 1.29 is 19.4 Å². The van der Waals surface area contributed by atoms with Crippen LogP contribution in [0.15, 0.2) is 24.3 Å². The van der Waals surface area contributed by atoms with Crippen LogP contribution in [0.1, 0.15) is 59.8 Å². The smallest absolute Gasteiger partial charge is 0.302 e. The van der Waals surface area contributed by atoms with Crippen molar-refractivity contribution in [3.63, 3.8) is 0 Å². The van der Waals surface area contributed by atoms with E-state index in [2.05, 4.69) is 19.6 Å². The van der Waals surface area contributed by atoms with Crippen molar-refractivity contribution in [2.24, 2.45) is 28.1 Å². The highest BCUT2D eigenvalue weighted by Gasteiger charge is 2.60. The van der Waals surface area contributed by atoms with Gasteiger partial charge in [-0.05, 0) is 56.3 Å². The molecule has 0 saturated heterocycles. The fraction of sp³-hybridized carbons (Fsp3) is 0.727. The van der Waals surface area contributed by atoms with Crippen LogP contribution in [-0.4, -0.2) is 29.6 Å². The van der Waals surface area contributed by atoms with Crippen molar-refractivity contribution in [3.8, 4) is 0 Å². The second-order valence-electron chi connectivity index (χ2n) is 9.31. The molecular formula is C22H32O4. The number of fused-ring (bicyclic) bond motifs is 3. The zero-order valence-corrected chi connectivity index (χ0v) is 16.5. The topological polar surface area (TPSA) is 63.6 Å². The third kappa shape index (κ3) is 2.69. The van der Waals surface area contributed by atoms with E-state index in [4.69, 9.17) is 4.74 Å². The quantitative estimate of drug-likeness (QED) is 0.472. The molecule has 3 aliphatic rings. The standard InChI is InChI=1S/C22H32O4/c1-6-20(3)12-15-7-8-17-21(4,16(15)11-18(20)25)10-9-19(26-14(2)24)22(17,5)13-23/h6,12-13,16-19,25H,1,7-11H2,2-5H3/t16-,17+,18+,19-,20+,21+,22-/m1/s1. The van der Waals surface area contributed by atoms with Crippen LogP contribution in [0.4, 0.5) is 0 Å². The molecule has 0 aromatic heterocycles. The summed E-state index contributed by atoms with van der Waals surface area (Å²) in [7, 11) is 0. The molecule has 2 fully saturated rings. The molecular weight excluding hydrogens is 328 g/mol. The maximum absolute atomic E-state index is 12.2. The van der Waals surface area contributed by atoms with Crippen molar-refractivity contribution in [2.75, 3.05) is 0 Å². The average molecular weight is 360 g/mol. The molecule has 0 radical (unpaired) electrons. The van der Waals surface area contributed by atoms with Gasteiger partial charge in [0.1, 0.15) is 12.4 Å². The lowest BCUT2D eigenvalue weighted by Gasteiger charge is -2.60. The third-order valence-corrected chi connectivity index (χ3v) is 7.83. The summed E-state index contributed by atoms with van der Waals surface area (Å²) in [5.41, 5.74) is 0.280. The number of aliphatic hydroxyl groups is 1. The van der Waals surface area contributed by atoms with Gasteiger partial charge in [0.25, 0.3) is 0 Å². The summed E-state index contributed by atoms with van der Waals surface area (Å²) >= 11 is 0. The number of esters is 1. The van der Waals surface area contributed by atoms with E-state index in [-0.39, 0.29) is 34.7 Å². The average Bonchev–Trinajstić information content (AvgIpc) is 2.59. The van der Waals surface area contributed by atoms with E-state index in [1.54, 1.807) is 0 Å². The maximum atomic E-state index is 12.2. The van der Waals surface area contributed by atoms with Gasteiger partial charge in [0.2, 0.25) is 0 Å². The van der Waals surface area contributed by atoms with Crippen molar-refractivity contribution in [2.45, 2.75) is 72.0 Å². The predicted molar refractivity (Wildman–Crippen MR) is 100 cm³/mol. The second kappa shape index (κ2) is 6.33. The van der Waals surface area contributed by atoms with Gasteiger partial charge < -0.3 is 14.6 Å². The van der Waals surface area contributed by atoms with Crippen molar-refractivity contribution in [1.82, 2.24) is 0 Å². The lowest BCUT2D eigenvalue weighted by Crippen LogP contribution is -2.59. The third-order valence-electron chi connectivity index (χ3n) is 7.83. The van der Waals surface area contributed by atoms with Crippen LogP contribution in [-0.2, 0) is 14.3 Å². The number of allylic oxidation sites excluding steroid dienone is 1. The number of ether oxygens (including phenoxy) is 1. The second-order valence-corrected chi connectivity index (χ2v) is 9.31. The van der Waals surface area contributed by atoms with E-state index in [0.29, 0.717) is 12.8 Å². The van der Waals surface area contributed by atoms with Gasteiger partial charge in [0.15, 0.2) is 0 Å². The molecule has 0 unspecified atom stereocenters. The van der Waals surface area contributed by atoms with Gasteiger partial charge in [-0.25, -0.2) is 0 Å². The van der Waals surface area contributed by atoms with Gasteiger partial charge in [0.05, 0.1) is 11.5 Å². The van der Waals surface area contributed by atoms with Crippen molar-refractivity contribution in [3.05, 3.63) is 24.3 Å². The predicted octanol–water partition coefficient (Wildman–Crippen LogP) is 3.83. The molecule has 0 aromatic rings. The number of hydrogen-bond acceptors (Lipinski definition) is 4. The van der Waals surface area contributed by atoms with Crippen LogP contribution in [0, 0.1) is 28.1 Å². The van der Waals surface area contributed by atoms with E-state index in [1.165, 1.54) is 12.5 Å². The van der Waals surface area contributed by atoms with E-state index in [1.807, 2.05) is 19.9 Å². The molecule has 0 bridgehead atoms. The zero-order valence-electron chi connectivity index (χ0n) is 16.5. The molecule has 4 nitrogen and oxygen atoms in total. The summed E-state index contributed by atoms with van der Waals surface area (Å²) in [6, 6.07) is 0. The minimum atomic E-state index is -0.672. The molecule has 0 spiro atoms. The van der Waals surface area contributed by atoms with E-state index < -0.39 is 11.5 Å². The molecule has 3 rings (SSSR count). The Morgan fingerprint density at radius 2 is 2.04 bits per heavy atom. The first-order valence-corrected chi connectivity index (χ1v) is 9.77. The van der Waals surface area contributed by atoms with Gasteiger partial charge in [-0.1, -0.05) is 31.6 Å². The highest BCUT2D eigenvalue weighted by atomic mass is 16.5. The molecule has 1 N–H and O–H groups in total. The molecule has 0 heterocycles. The lowest BCUT2D eigenvalue weighted by atomic mass is 9.44. The maximum Gasteiger partial charge on any atom is 0.302 e. The van der Waals surface area contributed by atoms with Crippen molar-refractivity contribution >= 4 is 12.3 Å². The number of hydrogen-bond donors (Lipinski definition) is 1. The Morgan fingerprint density at radius 1 is 1.35 bits per heavy atom. The first-order valence-electron chi connectivity index (χ1n) is 9.77. The Morgan fingerprint density at radius 3 is 2.62 bits per heavy atom. The summed E-state index contributed by atoms with van der Waals surface area (Å²) in [6.07, 6.45) is 8.41. The molecule has 3 aliphatic carbocycles. The van der Waals surface area contributed by atoms with Crippen LogP contribution in [0.5, 0.6) is 0 Å². The monoisotopic (exact) mass is 360 g/mol. The van der Waals surface area contributed by atoms with Gasteiger partial charge in [-0.3, -0.25) is 4.79 Å². The summed E-state index contributed by atoms with van der Waals surface area (Å²) in [5, 5.41) is 10.8. The Balaban J connectivity index is 1.99. The van der Waals surface area contributed by atoms with E-state index >= 15 is 0 Å². The lowest BCUT2D eigenvalue weighted by molar-refractivity contribution is -0.178. The summed E-state index contributed by atoms with van der Waals surface area (Å²) in [6.45, 7) is 11.6. The zero-order chi connectivity index (χ0) is 19.3. The SMILES string of the molecule is C=C[C@@]1(C)C=C2CC[C@@H]3[C@@](C)(C=O)[C@H](OC(C)=O)CC[C@@]3(C)[C@@H]2C[C@@H]1O. The van der Waals surface area contributed by atoms with Gasteiger partial charge >= 0.3 is 5.97 Å². The van der Waals surface area contributed by atoms with Crippen LogP contribution in [0.3, 0.4) is 0 Å². The van der Waals surface area contributed by atoms with E-state index in [9.17, 15) is 14.7 Å². The van der Waals surface area contributed by atoms with Gasteiger partial charge in [-0.15, -0.1) is 6.58 Å². The molecule has 0 aromatic carbocycles. The highest BCUT2D eigenvalue weighted by Crippen LogP contribution is 2.63. The number of aldehydes is 1. The van der Waals surface area contributed by atoms with Gasteiger partial charge in [0, 0.05) is 12.3 Å². The minimum Gasteiger partial charge on any atom is -0.462 e. The molecule has 7 atom stereocenters. The Kier molecular flexibility index (Phi) is 4.71. The molecule has 0 aliphatic heterocycles.